The fourth-order valence-electron chi connectivity index (χ4n) is 3.89. The van der Waals surface area contributed by atoms with Crippen LogP contribution in [0.3, 0.4) is 0 Å². The Morgan fingerprint density at radius 3 is 2.79 bits per heavy atom. The first-order valence-corrected chi connectivity index (χ1v) is 8.91. The minimum absolute atomic E-state index is 0.0499. The number of aromatic nitrogens is 5. The fraction of sp³-hybridized carbons (Fsp3) is 0.647. The number of anilines is 1. The van der Waals surface area contributed by atoms with E-state index in [0.29, 0.717) is 23.4 Å². The number of hydrogen-bond donors (Lipinski definition) is 2. The molecule has 0 unspecified atom stereocenters. The number of H-pyrrole nitrogens is 1. The molecule has 2 aromatic heterocycles. The van der Waals surface area contributed by atoms with Crippen LogP contribution in [0.2, 0.25) is 0 Å². The highest BCUT2D eigenvalue weighted by Gasteiger charge is 2.45. The Bertz CT molecular complexity index is 738. The first-order chi connectivity index (χ1) is 11.8. The minimum Gasteiger partial charge on any atom is -0.390 e. The summed E-state index contributed by atoms with van der Waals surface area (Å²) in [7, 11) is 0. The molecular weight excluding hydrogens is 304 g/mol. The lowest BCUT2D eigenvalue weighted by molar-refractivity contribution is 0.276. The summed E-state index contributed by atoms with van der Waals surface area (Å²) in [5, 5.41) is 17.0. The molecule has 2 aromatic rings. The number of aliphatic hydroxyl groups is 1. The van der Waals surface area contributed by atoms with Crippen molar-refractivity contribution in [1.82, 2.24) is 25.1 Å². The van der Waals surface area contributed by atoms with E-state index in [9.17, 15) is 5.11 Å². The van der Waals surface area contributed by atoms with Crippen molar-refractivity contribution in [2.45, 2.75) is 44.1 Å². The van der Waals surface area contributed by atoms with Crippen molar-refractivity contribution in [3.05, 3.63) is 29.6 Å². The van der Waals surface area contributed by atoms with Crippen LogP contribution >= 0.6 is 0 Å². The summed E-state index contributed by atoms with van der Waals surface area (Å²) in [6, 6.07) is 1.76. The van der Waals surface area contributed by atoms with Crippen LogP contribution < -0.4 is 4.90 Å². The van der Waals surface area contributed by atoms with Crippen molar-refractivity contribution in [3.63, 3.8) is 0 Å². The minimum atomic E-state index is -0.0499. The third-order valence-electron chi connectivity index (χ3n) is 5.55. The molecule has 2 N–H and O–H groups in total. The van der Waals surface area contributed by atoms with Gasteiger partial charge in [-0.3, -0.25) is 5.10 Å². The van der Waals surface area contributed by atoms with Gasteiger partial charge in [-0.05, 0) is 43.6 Å². The van der Waals surface area contributed by atoms with E-state index in [1.54, 1.807) is 12.3 Å². The van der Waals surface area contributed by atoms with Crippen molar-refractivity contribution >= 4 is 5.95 Å². The first kappa shape index (κ1) is 14.3. The molecule has 3 heterocycles. The van der Waals surface area contributed by atoms with Gasteiger partial charge in [-0.15, -0.1) is 0 Å². The lowest BCUT2D eigenvalue weighted by Crippen LogP contribution is -2.23. The molecule has 5 rings (SSSR count). The van der Waals surface area contributed by atoms with Gasteiger partial charge in [0, 0.05) is 31.1 Å². The van der Waals surface area contributed by atoms with E-state index < -0.39 is 0 Å². The van der Waals surface area contributed by atoms with Gasteiger partial charge in [0.25, 0.3) is 0 Å². The van der Waals surface area contributed by atoms with E-state index >= 15 is 0 Å². The molecule has 7 heteroatoms. The molecular formula is C17H22N6O. The molecule has 2 aliphatic carbocycles. The molecule has 0 spiro atoms. The molecule has 2 atom stereocenters. The van der Waals surface area contributed by atoms with Crippen LogP contribution in [-0.4, -0.2) is 43.3 Å². The van der Waals surface area contributed by atoms with Crippen molar-refractivity contribution in [1.29, 1.82) is 0 Å². The predicted octanol–water partition coefficient (Wildman–Crippen LogP) is 1.59. The maximum absolute atomic E-state index is 9.31. The molecule has 0 aromatic carbocycles. The summed E-state index contributed by atoms with van der Waals surface area (Å²) in [4.78, 5) is 15.9. The normalized spacial score (nSPS) is 27.0. The monoisotopic (exact) mass is 326 g/mol. The highest BCUT2D eigenvalue weighted by atomic mass is 16.3. The molecule has 0 bridgehead atoms. The highest BCUT2D eigenvalue weighted by molar-refractivity contribution is 5.35. The van der Waals surface area contributed by atoms with Crippen LogP contribution in [0.1, 0.15) is 54.9 Å². The quantitative estimate of drug-likeness (QED) is 0.867. The van der Waals surface area contributed by atoms with Gasteiger partial charge in [0.1, 0.15) is 5.82 Å². The third kappa shape index (κ3) is 2.56. The summed E-state index contributed by atoms with van der Waals surface area (Å²) in [5.41, 5.74) is 0.669. The Labute approximate surface area is 140 Å². The lowest BCUT2D eigenvalue weighted by Gasteiger charge is -2.16. The summed E-state index contributed by atoms with van der Waals surface area (Å²) in [6.07, 6.45) is 6.81. The lowest BCUT2D eigenvalue weighted by atomic mass is 9.91. The van der Waals surface area contributed by atoms with Crippen molar-refractivity contribution < 1.29 is 5.11 Å². The van der Waals surface area contributed by atoms with Crippen LogP contribution in [0, 0.1) is 11.8 Å². The predicted molar refractivity (Wildman–Crippen MR) is 87.5 cm³/mol. The second-order valence-corrected chi connectivity index (χ2v) is 7.37. The molecule has 3 aliphatic rings. The average Bonchev–Trinajstić information content (AvgIpc) is 3.55. The highest BCUT2D eigenvalue weighted by Crippen LogP contribution is 2.48. The maximum Gasteiger partial charge on any atom is 0.225 e. The zero-order valence-corrected chi connectivity index (χ0v) is 13.6. The van der Waals surface area contributed by atoms with Gasteiger partial charge in [-0.25, -0.2) is 15.0 Å². The van der Waals surface area contributed by atoms with Gasteiger partial charge >= 0.3 is 0 Å². The Hall–Kier alpha value is -2.02. The Kier molecular flexibility index (Phi) is 3.29. The van der Waals surface area contributed by atoms with Crippen LogP contribution in [0.15, 0.2) is 12.3 Å². The fourth-order valence-corrected chi connectivity index (χ4v) is 3.89. The average molecular weight is 326 g/mol. The Morgan fingerprint density at radius 1 is 1.17 bits per heavy atom. The smallest absolute Gasteiger partial charge is 0.225 e. The molecule has 7 nitrogen and oxygen atoms in total. The Morgan fingerprint density at radius 2 is 2.04 bits per heavy atom. The van der Waals surface area contributed by atoms with Crippen LogP contribution in [-0.2, 0) is 6.61 Å². The van der Waals surface area contributed by atoms with Gasteiger partial charge in [0.05, 0.1) is 12.3 Å². The van der Waals surface area contributed by atoms with Crippen molar-refractivity contribution in [3.8, 4) is 0 Å². The summed E-state index contributed by atoms with van der Waals surface area (Å²) < 4.78 is 0. The topological polar surface area (TPSA) is 90.8 Å². The van der Waals surface area contributed by atoms with Crippen molar-refractivity contribution in [2.24, 2.45) is 11.8 Å². The van der Waals surface area contributed by atoms with Crippen LogP contribution in [0.5, 0.6) is 0 Å². The number of aliphatic hydroxyl groups excluding tert-OH is 1. The van der Waals surface area contributed by atoms with E-state index in [0.717, 1.165) is 36.6 Å². The van der Waals surface area contributed by atoms with Crippen LogP contribution in [0.4, 0.5) is 5.95 Å². The number of hydrogen-bond acceptors (Lipinski definition) is 6. The number of nitrogens with one attached hydrogen (secondary N) is 1. The second kappa shape index (κ2) is 5.51. The molecule has 2 saturated carbocycles. The molecule has 0 amide bonds. The summed E-state index contributed by atoms with van der Waals surface area (Å²) in [5.74, 6) is 5.08. The number of aromatic amines is 1. The van der Waals surface area contributed by atoms with Gasteiger partial charge in [-0.2, -0.15) is 5.10 Å². The van der Waals surface area contributed by atoms with Gasteiger partial charge in [-0.1, -0.05) is 0 Å². The van der Waals surface area contributed by atoms with E-state index in [-0.39, 0.29) is 6.61 Å². The van der Waals surface area contributed by atoms with E-state index in [1.165, 1.54) is 25.7 Å². The first-order valence-electron chi connectivity index (χ1n) is 8.91. The SMILES string of the molecule is OCc1ccnc(N2C[C@H](c3nc(C4CC4)n[nH]3)[C@@H](C3CC3)C2)n1. The standard InChI is InChI=1S/C17H22N6O/c24-9-12-5-6-18-17(19-12)23-7-13(10-1-2-10)14(8-23)16-20-15(21-22-16)11-3-4-11/h5-6,10-11,13-14,24H,1-4,7-9H2,(H,20,21,22)/t13-,14+/m1/s1. The zero-order chi connectivity index (χ0) is 16.1. The second-order valence-electron chi connectivity index (χ2n) is 7.37. The van der Waals surface area contributed by atoms with Gasteiger partial charge < -0.3 is 10.0 Å². The molecule has 0 radical (unpaired) electrons. The summed E-state index contributed by atoms with van der Waals surface area (Å²) >= 11 is 0. The zero-order valence-electron chi connectivity index (χ0n) is 13.6. The largest absolute Gasteiger partial charge is 0.390 e. The van der Waals surface area contributed by atoms with E-state index in [4.69, 9.17) is 4.98 Å². The molecule has 126 valence electrons. The van der Waals surface area contributed by atoms with E-state index in [1.807, 2.05) is 0 Å². The van der Waals surface area contributed by atoms with Crippen LogP contribution in [0.25, 0.3) is 0 Å². The number of nitrogens with zero attached hydrogens (tertiary/aromatic N) is 5. The summed E-state index contributed by atoms with van der Waals surface area (Å²) in [6.45, 7) is 1.78. The molecule has 24 heavy (non-hydrogen) atoms. The van der Waals surface area contributed by atoms with Crippen molar-refractivity contribution in [2.75, 3.05) is 18.0 Å². The van der Waals surface area contributed by atoms with Gasteiger partial charge in [0.15, 0.2) is 5.82 Å². The van der Waals surface area contributed by atoms with Gasteiger partial charge in [0.2, 0.25) is 5.95 Å². The number of rotatable bonds is 5. The molecule has 1 saturated heterocycles. The van der Waals surface area contributed by atoms with E-state index in [2.05, 4.69) is 25.1 Å². The maximum atomic E-state index is 9.31. The Balaban J connectivity index is 1.41. The molecule has 3 fully saturated rings. The third-order valence-corrected chi connectivity index (χ3v) is 5.55. The molecule has 1 aliphatic heterocycles.